The van der Waals surface area contributed by atoms with Crippen molar-refractivity contribution < 1.29 is 14.3 Å². The predicted molar refractivity (Wildman–Crippen MR) is 152 cm³/mol. The Bertz CT molecular complexity index is 1530. The van der Waals surface area contributed by atoms with Crippen LogP contribution in [0.1, 0.15) is 38.3 Å². The first-order valence-electron chi connectivity index (χ1n) is 13.4. The van der Waals surface area contributed by atoms with E-state index in [1.54, 1.807) is 12.1 Å². The third kappa shape index (κ3) is 5.04. The van der Waals surface area contributed by atoms with E-state index in [4.69, 9.17) is 19.4 Å². The molecule has 0 unspecified atom stereocenters. The summed E-state index contributed by atoms with van der Waals surface area (Å²) in [4.78, 5) is 27.6. The molecule has 2 aliphatic rings. The van der Waals surface area contributed by atoms with Crippen molar-refractivity contribution in [2.45, 2.75) is 27.2 Å². The average Bonchev–Trinajstić information content (AvgIpc) is 3.44. The van der Waals surface area contributed by atoms with E-state index in [0.717, 1.165) is 34.9 Å². The summed E-state index contributed by atoms with van der Waals surface area (Å²) in [7, 11) is 0. The monoisotopic (exact) mass is 520 g/mol. The largest absolute Gasteiger partial charge is 0.454 e. The van der Waals surface area contributed by atoms with Crippen LogP contribution in [-0.4, -0.2) is 53.7 Å². The molecule has 0 spiro atoms. The summed E-state index contributed by atoms with van der Waals surface area (Å²) in [5, 5.41) is 0. The summed E-state index contributed by atoms with van der Waals surface area (Å²) in [6.07, 6.45) is 0.764. The lowest BCUT2D eigenvalue weighted by Crippen LogP contribution is -2.49. The highest BCUT2D eigenvalue weighted by molar-refractivity contribution is 5.95. The van der Waals surface area contributed by atoms with Gasteiger partial charge in [0.15, 0.2) is 17.3 Å². The molecule has 1 fully saturated rings. The van der Waals surface area contributed by atoms with Crippen LogP contribution in [0.2, 0.25) is 0 Å². The maximum Gasteiger partial charge on any atom is 0.254 e. The Hall–Kier alpha value is -4.39. The van der Waals surface area contributed by atoms with E-state index >= 15 is 0 Å². The first-order chi connectivity index (χ1) is 19.0. The number of ether oxygens (including phenoxy) is 2. The third-order valence-electron chi connectivity index (χ3n) is 7.58. The number of amides is 1. The fourth-order valence-corrected chi connectivity index (χ4v) is 5.28. The number of hydrogen-bond acceptors (Lipinski definition) is 6. The molecule has 0 N–H and O–H groups in total. The Morgan fingerprint density at radius 2 is 1.62 bits per heavy atom. The maximum atomic E-state index is 13.3. The molecule has 0 atom stereocenters. The first-order valence-corrected chi connectivity index (χ1v) is 13.4. The summed E-state index contributed by atoms with van der Waals surface area (Å²) in [5.74, 6) is 3.00. The molecule has 4 aromatic rings. The van der Waals surface area contributed by atoms with Gasteiger partial charge in [0.1, 0.15) is 5.82 Å². The number of fused-ring (bicyclic) bond motifs is 1. The highest BCUT2D eigenvalue weighted by atomic mass is 16.7. The number of rotatable bonds is 5. The van der Waals surface area contributed by atoms with Gasteiger partial charge in [-0.3, -0.25) is 4.79 Å². The molecule has 3 aromatic carbocycles. The number of aromatic nitrogens is 2. The first kappa shape index (κ1) is 24.9. The van der Waals surface area contributed by atoms with Crippen LogP contribution in [0.15, 0.2) is 66.7 Å². The van der Waals surface area contributed by atoms with Crippen molar-refractivity contribution in [1.29, 1.82) is 0 Å². The third-order valence-corrected chi connectivity index (χ3v) is 7.58. The van der Waals surface area contributed by atoms with Crippen LogP contribution >= 0.6 is 0 Å². The van der Waals surface area contributed by atoms with Gasteiger partial charge in [0.05, 0.1) is 0 Å². The lowest BCUT2D eigenvalue weighted by Gasteiger charge is -2.36. The average molecular weight is 521 g/mol. The Labute approximate surface area is 229 Å². The summed E-state index contributed by atoms with van der Waals surface area (Å²) in [6.45, 7) is 9.17. The Kier molecular flexibility index (Phi) is 6.65. The topological polar surface area (TPSA) is 67.8 Å². The minimum absolute atomic E-state index is 0.00685. The smallest absolute Gasteiger partial charge is 0.254 e. The van der Waals surface area contributed by atoms with E-state index in [1.807, 2.05) is 41.3 Å². The molecule has 198 valence electrons. The number of carbonyl (C=O) groups excluding carboxylic acids is 1. The van der Waals surface area contributed by atoms with Crippen molar-refractivity contribution in [3.8, 4) is 22.9 Å². The molecular weight excluding hydrogens is 488 g/mol. The van der Waals surface area contributed by atoms with Crippen molar-refractivity contribution >= 4 is 11.7 Å². The molecule has 0 bridgehead atoms. The van der Waals surface area contributed by atoms with Gasteiger partial charge in [-0.15, -0.1) is 0 Å². The predicted octanol–water partition coefficient (Wildman–Crippen LogP) is 5.35. The summed E-state index contributed by atoms with van der Waals surface area (Å²) in [5.41, 5.74) is 7.53. The molecule has 2 aliphatic heterocycles. The van der Waals surface area contributed by atoms with E-state index in [9.17, 15) is 4.79 Å². The van der Waals surface area contributed by atoms with Crippen molar-refractivity contribution in [1.82, 2.24) is 14.9 Å². The van der Waals surface area contributed by atoms with Gasteiger partial charge in [0, 0.05) is 55.0 Å². The Morgan fingerprint density at radius 1 is 0.846 bits per heavy atom. The van der Waals surface area contributed by atoms with E-state index < -0.39 is 0 Å². The summed E-state index contributed by atoms with van der Waals surface area (Å²) < 4.78 is 10.9. The van der Waals surface area contributed by atoms with Gasteiger partial charge in [-0.1, -0.05) is 54.1 Å². The normalized spacial score (nSPS) is 14.5. The molecule has 3 heterocycles. The second kappa shape index (κ2) is 10.4. The molecular formula is C32H32N4O3. The fraction of sp³-hybridized carbons (Fsp3) is 0.281. The van der Waals surface area contributed by atoms with Crippen molar-refractivity contribution in [3.63, 3.8) is 0 Å². The molecule has 6 rings (SSSR count). The molecule has 0 saturated carbocycles. The fourth-order valence-electron chi connectivity index (χ4n) is 5.28. The molecule has 7 heteroatoms. The summed E-state index contributed by atoms with van der Waals surface area (Å²) in [6, 6.07) is 22.1. The molecule has 0 radical (unpaired) electrons. The second-order valence-electron chi connectivity index (χ2n) is 10.3. The molecule has 39 heavy (non-hydrogen) atoms. The van der Waals surface area contributed by atoms with Gasteiger partial charge >= 0.3 is 0 Å². The van der Waals surface area contributed by atoms with Crippen LogP contribution < -0.4 is 14.4 Å². The highest BCUT2D eigenvalue weighted by Gasteiger charge is 2.27. The zero-order valence-corrected chi connectivity index (χ0v) is 22.6. The van der Waals surface area contributed by atoms with Crippen LogP contribution in [0.4, 0.5) is 5.82 Å². The highest BCUT2D eigenvalue weighted by Crippen LogP contribution is 2.33. The number of carbonyl (C=O) groups is 1. The number of nitrogens with zero attached hydrogens (tertiary/aromatic N) is 4. The number of aryl methyl sites for hydroxylation is 3. The molecule has 1 amide bonds. The zero-order valence-electron chi connectivity index (χ0n) is 22.6. The molecule has 1 aromatic heterocycles. The Balaban J connectivity index is 1.29. The van der Waals surface area contributed by atoms with E-state index in [0.29, 0.717) is 43.2 Å². The lowest BCUT2D eigenvalue weighted by molar-refractivity contribution is 0.0746. The molecule has 1 saturated heterocycles. The van der Waals surface area contributed by atoms with Gasteiger partial charge in [-0.05, 0) is 50.1 Å². The zero-order chi connectivity index (χ0) is 26.9. The standard InChI is InChI=1S/C32H32N4O3/c1-21-9-10-22(2)26(17-21)18-27-23(3)33-30(24-7-5-4-6-8-24)34-31(27)35-13-15-36(16-14-35)32(37)25-11-12-28-29(19-25)39-20-38-28/h4-12,17,19H,13-16,18,20H2,1-3H3. The lowest BCUT2D eigenvalue weighted by atomic mass is 9.97. The Morgan fingerprint density at radius 3 is 2.41 bits per heavy atom. The van der Waals surface area contributed by atoms with E-state index in [-0.39, 0.29) is 12.7 Å². The second-order valence-corrected chi connectivity index (χ2v) is 10.3. The van der Waals surface area contributed by atoms with Gasteiger partial charge < -0.3 is 19.3 Å². The van der Waals surface area contributed by atoms with Gasteiger partial charge in [-0.25, -0.2) is 9.97 Å². The number of anilines is 1. The van der Waals surface area contributed by atoms with Crippen LogP contribution in [0.3, 0.4) is 0 Å². The minimum atomic E-state index is 0.00685. The van der Waals surface area contributed by atoms with Crippen LogP contribution in [0, 0.1) is 20.8 Å². The van der Waals surface area contributed by atoms with E-state index in [1.165, 1.54) is 16.7 Å². The molecule has 0 aliphatic carbocycles. The number of benzene rings is 3. The number of hydrogen-bond donors (Lipinski definition) is 0. The molecule has 7 nitrogen and oxygen atoms in total. The van der Waals surface area contributed by atoms with Crippen molar-refractivity contribution in [2.24, 2.45) is 0 Å². The van der Waals surface area contributed by atoms with Gasteiger partial charge in [0.25, 0.3) is 5.91 Å². The van der Waals surface area contributed by atoms with Crippen LogP contribution in [-0.2, 0) is 6.42 Å². The van der Waals surface area contributed by atoms with Crippen LogP contribution in [0.25, 0.3) is 11.4 Å². The maximum absolute atomic E-state index is 13.3. The quantitative estimate of drug-likeness (QED) is 0.353. The van der Waals surface area contributed by atoms with Crippen molar-refractivity contribution in [3.05, 3.63) is 100 Å². The van der Waals surface area contributed by atoms with E-state index in [2.05, 4.69) is 43.9 Å². The minimum Gasteiger partial charge on any atom is -0.454 e. The van der Waals surface area contributed by atoms with Crippen LogP contribution in [0.5, 0.6) is 11.5 Å². The van der Waals surface area contributed by atoms with Gasteiger partial charge in [-0.2, -0.15) is 0 Å². The van der Waals surface area contributed by atoms with Crippen molar-refractivity contribution in [2.75, 3.05) is 37.9 Å². The van der Waals surface area contributed by atoms with Gasteiger partial charge in [0.2, 0.25) is 6.79 Å². The SMILES string of the molecule is Cc1ccc(C)c(Cc2c(C)nc(-c3ccccc3)nc2N2CCN(C(=O)c3ccc4c(c3)OCO4)CC2)c1. The summed E-state index contributed by atoms with van der Waals surface area (Å²) >= 11 is 0. The number of piperazine rings is 1.